The molecule has 3 atom stereocenters. The fourth-order valence-corrected chi connectivity index (χ4v) is 6.73. The molecule has 5 aromatic rings. The Morgan fingerprint density at radius 3 is 2.19 bits per heavy atom. The van der Waals surface area contributed by atoms with Crippen molar-refractivity contribution in [1.82, 2.24) is 35.5 Å². The van der Waals surface area contributed by atoms with E-state index in [1.54, 1.807) is 23.2 Å². The normalized spacial score (nSPS) is 14.7. The Morgan fingerprint density at radius 2 is 1.53 bits per heavy atom. The zero-order valence-corrected chi connectivity index (χ0v) is 32.1. The summed E-state index contributed by atoms with van der Waals surface area (Å²) in [5.74, 6) is 0.943. The Bertz CT molecular complexity index is 2100. The third-order valence-electron chi connectivity index (χ3n) is 9.78. The van der Waals surface area contributed by atoms with Gasteiger partial charge in [0.2, 0.25) is 5.91 Å². The van der Waals surface area contributed by atoms with Crippen LogP contribution in [0.25, 0.3) is 33.6 Å². The number of hydrogen-bond donors (Lipinski definition) is 4. The van der Waals surface area contributed by atoms with Crippen molar-refractivity contribution in [3.63, 3.8) is 0 Å². The van der Waals surface area contributed by atoms with Gasteiger partial charge >= 0.3 is 12.2 Å². The summed E-state index contributed by atoms with van der Waals surface area (Å²) < 4.78 is 16.0. The van der Waals surface area contributed by atoms with Gasteiger partial charge < -0.3 is 34.8 Å². The van der Waals surface area contributed by atoms with Crippen molar-refractivity contribution < 1.29 is 28.6 Å². The smallest absolute Gasteiger partial charge is 0.410 e. The molecule has 3 amide bonds. The van der Waals surface area contributed by atoms with Crippen LogP contribution in [0.5, 0.6) is 0 Å². The number of methoxy groups -OCH3 is 1. The Labute approximate surface area is 332 Å². The van der Waals surface area contributed by atoms with Gasteiger partial charge in [0.15, 0.2) is 0 Å². The highest BCUT2D eigenvalue weighted by Crippen LogP contribution is 2.33. The van der Waals surface area contributed by atoms with Crippen LogP contribution < -0.4 is 10.6 Å². The Hall–Kier alpha value is -6.47. The molecule has 0 radical (unpaired) electrons. The predicted molar refractivity (Wildman–Crippen MR) is 218 cm³/mol. The Morgan fingerprint density at radius 1 is 0.860 bits per heavy atom. The van der Waals surface area contributed by atoms with Crippen molar-refractivity contribution in [3.05, 3.63) is 134 Å². The Kier molecular flexibility index (Phi) is 14.0. The third kappa shape index (κ3) is 10.6. The highest BCUT2D eigenvalue weighted by atomic mass is 16.6. The first-order chi connectivity index (χ1) is 27.9. The second-order valence-electron chi connectivity index (χ2n) is 13.7. The largest absolute Gasteiger partial charge is 0.453 e. The summed E-state index contributed by atoms with van der Waals surface area (Å²) in [6, 6.07) is 24.5. The number of carbonyl (C=O) groups excluding carboxylic acids is 3. The minimum absolute atomic E-state index is 0.165. The summed E-state index contributed by atoms with van der Waals surface area (Å²) in [6.45, 7) is 9.01. The molecule has 3 aromatic carbocycles. The summed E-state index contributed by atoms with van der Waals surface area (Å²) in [5, 5.41) is 5.62. The summed E-state index contributed by atoms with van der Waals surface area (Å²) in [4.78, 5) is 56.3. The van der Waals surface area contributed by atoms with Crippen LogP contribution in [0.15, 0.2) is 117 Å². The number of likely N-dealkylation sites (tertiary alicyclic amines) is 1. The van der Waals surface area contributed by atoms with Gasteiger partial charge in [0.1, 0.15) is 24.3 Å². The maximum absolute atomic E-state index is 13.3. The van der Waals surface area contributed by atoms with Gasteiger partial charge in [-0.05, 0) is 48.8 Å². The van der Waals surface area contributed by atoms with Crippen molar-refractivity contribution >= 4 is 18.1 Å². The molecule has 296 valence electrons. The van der Waals surface area contributed by atoms with Gasteiger partial charge in [-0.15, -0.1) is 13.2 Å². The molecule has 3 unspecified atom stereocenters. The molecule has 57 heavy (non-hydrogen) atoms. The lowest BCUT2D eigenvalue weighted by Gasteiger charge is -2.22. The first-order valence-corrected chi connectivity index (χ1v) is 19.1. The van der Waals surface area contributed by atoms with Crippen LogP contribution in [0.2, 0.25) is 0 Å². The molecule has 1 saturated heterocycles. The Balaban J connectivity index is 1.09. The lowest BCUT2D eigenvalue weighted by molar-refractivity contribution is -0.124. The van der Waals surface area contributed by atoms with Gasteiger partial charge in [-0.2, -0.15) is 0 Å². The maximum Gasteiger partial charge on any atom is 0.410 e. The highest BCUT2D eigenvalue weighted by Gasteiger charge is 2.33. The zero-order valence-electron chi connectivity index (χ0n) is 32.1. The van der Waals surface area contributed by atoms with Crippen LogP contribution in [0.4, 0.5) is 9.59 Å². The molecular weight excluding hydrogens is 723 g/mol. The number of benzene rings is 3. The third-order valence-corrected chi connectivity index (χ3v) is 9.78. The molecule has 1 aliphatic heterocycles. The van der Waals surface area contributed by atoms with Crippen LogP contribution >= 0.6 is 0 Å². The second kappa shape index (κ2) is 19.9. The van der Waals surface area contributed by atoms with Crippen LogP contribution in [0, 0.1) is 0 Å². The van der Waals surface area contributed by atoms with Crippen molar-refractivity contribution in [1.29, 1.82) is 0 Å². The van der Waals surface area contributed by atoms with E-state index in [1.165, 1.54) is 7.11 Å². The number of alkyl carbamates (subject to hydrolysis) is 1. The number of imidazole rings is 2. The molecule has 6 rings (SSSR count). The quantitative estimate of drug-likeness (QED) is 0.0514. The number of H-pyrrole nitrogens is 2. The van der Waals surface area contributed by atoms with Gasteiger partial charge in [0, 0.05) is 36.7 Å². The van der Waals surface area contributed by atoms with Gasteiger partial charge in [0.05, 0.1) is 37.2 Å². The highest BCUT2D eigenvalue weighted by molar-refractivity contribution is 5.86. The van der Waals surface area contributed by atoms with E-state index in [4.69, 9.17) is 24.2 Å². The average molecular weight is 772 g/mol. The average Bonchev–Trinajstić information content (AvgIpc) is 4.05. The molecule has 13 heteroatoms. The molecule has 2 aromatic heterocycles. The number of ether oxygens (including phenoxy) is 3. The fraction of sp³-hybridized carbons (Fsp3) is 0.295. The number of aromatic nitrogens is 4. The minimum atomic E-state index is -0.814. The SMILES string of the molecule is C=CCCC(NC(=O)OC)C(=O)NC(CCOCC=C)c1nc(-c2ccc(-c3ccc(-c4c[nH]c(C5CCCN5C(=O)OCc5ccccc5)n4)cc3)cc2)c[nH]1. The zero-order chi connectivity index (χ0) is 40.0. The van der Waals surface area contributed by atoms with Crippen molar-refractivity contribution in [2.75, 3.05) is 26.9 Å². The predicted octanol–water partition coefficient (Wildman–Crippen LogP) is 8.05. The van der Waals surface area contributed by atoms with E-state index in [2.05, 4.69) is 45.9 Å². The van der Waals surface area contributed by atoms with Crippen LogP contribution in [0.3, 0.4) is 0 Å². The monoisotopic (exact) mass is 771 g/mol. The molecule has 1 aliphatic rings. The van der Waals surface area contributed by atoms with Crippen molar-refractivity contribution in [2.24, 2.45) is 0 Å². The molecule has 4 N–H and O–H groups in total. The van der Waals surface area contributed by atoms with Crippen molar-refractivity contribution in [3.8, 4) is 33.6 Å². The van der Waals surface area contributed by atoms with Crippen LogP contribution in [-0.4, -0.2) is 75.8 Å². The molecular formula is C44H49N7O6. The number of amides is 3. The second-order valence-corrected chi connectivity index (χ2v) is 13.7. The van der Waals surface area contributed by atoms with Gasteiger partial charge in [-0.25, -0.2) is 19.6 Å². The topological polar surface area (TPSA) is 164 Å². The van der Waals surface area contributed by atoms with Gasteiger partial charge in [-0.1, -0.05) is 91.0 Å². The lowest BCUT2D eigenvalue weighted by Crippen LogP contribution is -2.47. The van der Waals surface area contributed by atoms with E-state index in [-0.39, 0.29) is 24.6 Å². The van der Waals surface area contributed by atoms with E-state index in [0.29, 0.717) is 50.5 Å². The van der Waals surface area contributed by atoms with E-state index >= 15 is 0 Å². The van der Waals surface area contributed by atoms with Gasteiger partial charge in [0.25, 0.3) is 0 Å². The number of rotatable bonds is 18. The molecule has 0 bridgehead atoms. The molecule has 1 fully saturated rings. The number of nitrogens with zero attached hydrogens (tertiary/aromatic N) is 3. The first-order valence-electron chi connectivity index (χ1n) is 19.1. The number of carbonyl (C=O) groups is 3. The molecule has 0 spiro atoms. The molecule has 13 nitrogen and oxygen atoms in total. The molecule has 0 saturated carbocycles. The molecule has 3 heterocycles. The van der Waals surface area contributed by atoms with E-state index in [9.17, 15) is 14.4 Å². The summed E-state index contributed by atoms with van der Waals surface area (Å²) in [7, 11) is 1.25. The lowest BCUT2D eigenvalue weighted by atomic mass is 10.0. The minimum Gasteiger partial charge on any atom is -0.453 e. The number of hydrogen-bond acceptors (Lipinski definition) is 8. The van der Waals surface area contributed by atoms with Gasteiger partial charge in [-0.3, -0.25) is 9.69 Å². The summed E-state index contributed by atoms with van der Waals surface area (Å²) >= 11 is 0. The van der Waals surface area contributed by atoms with E-state index in [1.807, 2.05) is 72.9 Å². The number of aromatic amines is 2. The number of nitrogens with one attached hydrogen (secondary N) is 4. The van der Waals surface area contributed by atoms with Crippen molar-refractivity contribution in [2.45, 2.75) is 56.8 Å². The summed E-state index contributed by atoms with van der Waals surface area (Å²) in [6.07, 6.45) is 9.05. The first kappa shape index (κ1) is 40.2. The molecule has 0 aliphatic carbocycles. The summed E-state index contributed by atoms with van der Waals surface area (Å²) in [5.41, 5.74) is 6.41. The standard InChI is InChI=1S/C44H49N7O6/c1-4-6-13-36(50-43(53)55-3)42(52)49-35(23-26-56-25-5-2)40-45-27-37(47-40)33-19-15-31(16-20-33)32-17-21-34(22-18-32)38-28-46-41(48-38)39-14-10-24-51(39)44(54)57-29-30-11-8-7-9-12-30/h4-5,7-9,11-12,15-22,27-28,35-36,39H,1-2,6,10,13-14,23-26,29H2,3H3,(H,45,47)(H,46,48)(H,49,52)(H,50,53). The van der Waals surface area contributed by atoms with Crippen LogP contribution in [0.1, 0.15) is 61.4 Å². The van der Waals surface area contributed by atoms with E-state index < -0.39 is 18.2 Å². The van der Waals surface area contributed by atoms with Crippen LogP contribution in [-0.2, 0) is 25.6 Å². The fourth-order valence-electron chi connectivity index (χ4n) is 6.73. The van der Waals surface area contributed by atoms with E-state index in [0.717, 1.165) is 52.2 Å². The maximum atomic E-state index is 13.3. The number of allylic oxidation sites excluding steroid dienone is 1.